The summed E-state index contributed by atoms with van der Waals surface area (Å²) in [7, 11) is 1.85. The van der Waals surface area contributed by atoms with Gasteiger partial charge in [-0.3, -0.25) is 15.5 Å². The molecule has 96 valence electrons. The fourth-order valence-electron chi connectivity index (χ4n) is 1.94. The molecule has 1 saturated heterocycles. The van der Waals surface area contributed by atoms with Gasteiger partial charge >= 0.3 is 0 Å². The van der Waals surface area contributed by atoms with Crippen molar-refractivity contribution in [3.05, 3.63) is 32.8 Å². The van der Waals surface area contributed by atoms with Crippen molar-refractivity contribution in [3.63, 3.8) is 0 Å². The van der Waals surface area contributed by atoms with Crippen molar-refractivity contribution < 1.29 is 4.92 Å². The molecular weight excluding hydrogens is 300 g/mol. The number of hydrogen-bond acceptors (Lipinski definition) is 3. The first kappa shape index (κ1) is 12.8. The van der Waals surface area contributed by atoms with Crippen LogP contribution < -0.4 is 4.90 Å². The van der Waals surface area contributed by atoms with Crippen molar-refractivity contribution in [2.75, 3.05) is 25.0 Å². The lowest BCUT2D eigenvalue weighted by Gasteiger charge is -2.36. The van der Waals surface area contributed by atoms with E-state index in [2.05, 4.69) is 15.9 Å². The van der Waals surface area contributed by atoms with Gasteiger partial charge in [0.1, 0.15) is 0 Å². The Labute approximate surface area is 113 Å². The molecule has 0 aromatic heterocycles. The number of nitro groups is 1. The van der Waals surface area contributed by atoms with Crippen LogP contribution in [0.15, 0.2) is 22.7 Å². The van der Waals surface area contributed by atoms with Crippen molar-refractivity contribution in [1.82, 2.24) is 4.90 Å². The number of halogens is 1. The minimum absolute atomic E-state index is 0.0363. The lowest BCUT2D eigenvalue weighted by molar-refractivity contribution is -0.384. The molecule has 1 aromatic rings. The number of anilines is 1. The van der Waals surface area contributed by atoms with Crippen molar-refractivity contribution >= 4 is 33.3 Å². The van der Waals surface area contributed by atoms with E-state index < -0.39 is 4.92 Å². The zero-order valence-corrected chi connectivity index (χ0v) is 11.5. The highest BCUT2D eigenvalue weighted by molar-refractivity contribution is 9.10. The molecule has 0 aliphatic carbocycles. The molecule has 7 heteroatoms. The molecule has 0 amide bonds. The number of nitrogens with zero attached hydrogens (tertiary/aromatic N) is 3. The van der Waals surface area contributed by atoms with Crippen LogP contribution in [0.2, 0.25) is 0 Å². The molecular formula is C11H13BrN4O2. The normalized spacial score (nSPS) is 16.0. The van der Waals surface area contributed by atoms with Crippen molar-refractivity contribution in [2.24, 2.45) is 0 Å². The number of benzene rings is 1. The number of nitrogens with one attached hydrogen (secondary N) is 1. The Morgan fingerprint density at radius 3 is 2.83 bits per heavy atom. The van der Waals surface area contributed by atoms with Crippen LogP contribution in [0.3, 0.4) is 0 Å². The first-order chi connectivity index (χ1) is 8.50. The number of rotatable bonds is 2. The Hall–Kier alpha value is -1.63. The third kappa shape index (κ3) is 2.31. The number of non-ortho nitro benzene ring substituents is 1. The van der Waals surface area contributed by atoms with E-state index in [9.17, 15) is 10.1 Å². The Balaban J connectivity index is 2.40. The number of guanidine groups is 1. The fraction of sp³-hybridized carbons (Fsp3) is 0.364. The fourth-order valence-corrected chi connectivity index (χ4v) is 2.40. The predicted octanol–water partition coefficient (Wildman–Crippen LogP) is 2.43. The Morgan fingerprint density at radius 2 is 2.17 bits per heavy atom. The number of hydrogen-bond donors (Lipinski definition) is 1. The predicted molar refractivity (Wildman–Crippen MR) is 73.1 cm³/mol. The van der Waals surface area contributed by atoms with Crippen LogP contribution in [0.4, 0.5) is 11.4 Å². The maximum absolute atomic E-state index is 10.8. The van der Waals surface area contributed by atoms with Gasteiger partial charge in [-0.05, 0) is 28.4 Å². The first-order valence-corrected chi connectivity index (χ1v) is 6.31. The van der Waals surface area contributed by atoms with E-state index in [0.717, 1.165) is 17.4 Å². The van der Waals surface area contributed by atoms with Gasteiger partial charge < -0.3 is 9.80 Å². The summed E-state index contributed by atoms with van der Waals surface area (Å²) in [5, 5.41) is 18.8. The van der Waals surface area contributed by atoms with Gasteiger partial charge in [-0.2, -0.15) is 0 Å². The number of nitro benzene ring substituents is 1. The first-order valence-electron chi connectivity index (χ1n) is 5.52. The minimum atomic E-state index is -0.423. The van der Waals surface area contributed by atoms with Gasteiger partial charge in [0, 0.05) is 36.7 Å². The molecule has 1 fully saturated rings. The van der Waals surface area contributed by atoms with Gasteiger partial charge in [0.2, 0.25) is 0 Å². The molecule has 0 atom stereocenters. The van der Waals surface area contributed by atoms with Gasteiger partial charge in [0.25, 0.3) is 5.69 Å². The van der Waals surface area contributed by atoms with Crippen LogP contribution in [-0.4, -0.2) is 35.9 Å². The maximum atomic E-state index is 10.8. The molecule has 0 saturated carbocycles. The summed E-state index contributed by atoms with van der Waals surface area (Å²) in [5.74, 6) is 0.363. The van der Waals surface area contributed by atoms with Crippen molar-refractivity contribution in [2.45, 2.75) is 6.42 Å². The lowest BCUT2D eigenvalue weighted by Crippen LogP contribution is -2.48. The SMILES string of the molecule is CN1CCCN(c2cc([N+](=O)[O-])ccc2Br)C1=N. The van der Waals surface area contributed by atoms with Crippen LogP contribution in [0.5, 0.6) is 0 Å². The Bertz CT molecular complexity index is 506. The van der Waals surface area contributed by atoms with Crippen LogP contribution in [0.1, 0.15) is 6.42 Å². The van der Waals surface area contributed by atoms with E-state index in [4.69, 9.17) is 5.41 Å². The summed E-state index contributed by atoms with van der Waals surface area (Å²) in [4.78, 5) is 14.0. The van der Waals surface area contributed by atoms with E-state index in [0.29, 0.717) is 18.2 Å². The molecule has 0 unspecified atom stereocenters. The molecule has 1 aliphatic rings. The molecule has 0 bridgehead atoms. The van der Waals surface area contributed by atoms with E-state index in [1.54, 1.807) is 11.0 Å². The average molecular weight is 313 g/mol. The second kappa shape index (κ2) is 4.93. The van der Waals surface area contributed by atoms with Crippen LogP contribution in [0, 0.1) is 15.5 Å². The van der Waals surface area contributed by atoms with E-state index in [1.807, 2.05) is 11.9 Å². The zero-order valence-electron chi connectivity index (χ0n) is 9.89. The topological polar surface area (TPSA) is 73.5 Å². The Kier molecular flexibility index (Phi) is 3.51. The maximum Gasteiger partial charge on any atom is 0.271 e. The van der Waals surface area contributed by atoms with Crippen molar-refractivity contribution in [3.8, 4) is 0 Å². The molecule has 0 radical (unpaired) electrons. The third-order valence-electron chi connectivity index (χ3n) is 2.92. The largest absolute Gasteiger partial charge is 0.346 e. The van der Waals surface area contributed by atoms with Gasteiger partial charge in [-0.1, -0.05) is 0 Å². The quantitative estimate of drug-likeness (QED) is 0.672. The van der Waals surface area contributed by atoms with E-state index in [1.165, 1.54) is 12.1 Å². The second-order valence-electron chi connectivity index (χ2n) is 4.14. The summed E-state index contributed by atoms with van der Waals surface area (Å²) < 4.78 is 0.758. The van der Waals surface area contributed by atoms with Gasteiger partial charge in [-0.15, -0.1) is 0 Å². The molecule has 6 nitrogen and oxygen atoms in total. The third-order valence-corrected chi connectivity index (χ3v) is 3.59. The van der Waals surface area contributed by atoms with Crippen LogP contribution >= 0.6 is 15.9 Å². The molecule has 1 aliphatic heterocycles. The lowest BCUT2D eigenvalue weighted by atomic mass is 10.2. The standard InChI is InChI=1S/C11H13BrN4O2/c1-14-5-2-6-15(11(14)13)10-7-8(16(17)18)3-4-9(10)12/h3-4,7,13H,2,5-6H2,1H3. The van der Waals surface area contributed by atoms with Gasteiger partial charge in [0.15, 0.2) is 5.96 Å². The monoisotopic (exact) mass is 312 g/mol. The van der Waals surface area contributed by atoms with Crippen LogP contribution in [0.25, 0.3) is 0 Å². The summed E-state index contributed by atoms with van der Waals surface area (Å²) in [6, 6.07) is 4.60. The summed E-state index contributed by atoms with van der Waals surface area (Å²) in [6.45, 7) is 1.53. The smallest absolute Gasteiger partial charge is 0.271 e. The summed E-state index contributed by atoms with van der Waals surface area (Å²) >= 11 is 3.38. The zero-order chi connectivity index (χ0) is 13.3. The highest BCUT2D eigenvalue weighted by atomic mass is 79.9. The Morgan fingerprint density at radius 1 is 1.44 bits per heavy atom. The molecule has 0 spiro atoms. The molecule has 1 heterocycles. The van der Waals surface area contributed by atoms with Gasteiger partial charge in [-0.25, -0.2) is 0 Å². The summed E-state index contributed by atoms with van der Waals surface area (Å²) in [6.07, 6.45) is 0.925. The van der Waals surface area contributed by atoms with Crippen molar-refractivity contribution in [1.29, 1.82) is 5.41 Å². The minimum Gasteiger partial charge on any atom is -0.346 e. The van der Waals surface area contributed by atoms with Gasteiger partial charge in [0.05, 0.1) is 10.6 Å². The summed E-state index contributed by atoms with van der Waals surface area (Å²) in [5.41, 5.74) is 0.704. The van der Waals surface area contributed by atoms with E-state index >= 15 is 0 Å². The second-order valence-corrected chi connectivity index (χ2v) is 5.00. The molecule has 2 rings (SSSR count). The molecule has 18 heavy (non-hydrogen) atoms. The molecule has 1 aromatic carbocycles. The highest BCUT2D eigenvalue weighted by Crippen LogP contribution is 2.31. The average Bonchev–Trinajstić information content (AvgIpc) is 2.33. The highest BCUT2D eigenvalue weighted by Gasteiger charge is 2.24. The van der Waals surface area contributed by atoms with Crippen LogP contribution in [-0.2, 0) is 0 Å². The molecule has 1 N–H and O–H groups in total. The van der Waals surface area contributed by atoms with E-state index in [-0.39, 0.29) is 5.69 Å².